The minimum absolute atomic E-state index is 0.215. The van der Waals surface area contributed by atoms with E-state index in [4.69, 9.17) is 4.74 Å². The zero-order chi connectivity index (χ0) is 14.5. The van der Waals surface area contributed by atoms with Gasteiger partial charge in [0.05, 0.1) is 0 Å². The van der Waals surface area contributed by atoms with Crippen molar-refractivity contribution in [1.82, 2.24) is 0 Å². The van der Waals surface area contributed by atoms with E-state index in [1.165, 1.54) is 6.92 Å². The van der Waals surface area contributed by atoms with Crippen LogP contribution in [-0.2, 0) is 4.74 Å². The summed E-state index contributed by atoms with van der Waals surface area (Å²) in [4.78, 5) is 0. The van der Waals surface area contributed by atoms with Crippen LogP contribution in [0, 0.1) is 0 Å². The van der Waals surface area contributed by atoms with Crippen LogP contribution in [0.1, 0.15) is 27.7 Å². The van der Waals surface area contributed by atoms with Crippen LogP contribution in [0.2, 0.25) is 0 Å². The Bertz CT molecular complexity index is 433. The van der Waals surface area contributed by atoms with E-state index in [-0.39, 0.29) is 3.58 Å². The molecule has 1 nitrogen and oxygen atoms in total. The number of hydrogen-bond donors (Lipinski definition) is 0. The lowest BCUT2D eigenvalue weighted by Crippen LogP contribution is -2.40. The fraction of sp³-hybridized carbons (Fsp3) is 0.636. The van der Waals surface area contributed by atoms with Crippen molar-refractivity contribution in [2.45, 2.75) is 45.1 Å². The van der Waals surface area contributed by atoms with E-state index >= 15 is 0 Å². The fourth-order valence-electron chi connectivity index (χ4n) is 1.90. The molecule has 0 aliphatic carbocycles. The van der Waals surface area contributed by atoms with Crippen molar-refractivity contribution in [2.75, 3.05) is 0 Å². The van der Waals surface area contributed by atoms with Crippen LogP contribution in [0.3, 0.4) is 0 Å². The summed E-state index contributed by atoms with van der Waals surface area (Å²) in [5.41, 5.74) is -2.84. The van der Waals surface area contributed by atoms with Crippen LogP contribution in [0.5, 0.6) is 0 Å². The van der Waals surface area contributed by atoms with Gasteiger partial charge in [0.15, 0.2) is 0 Å². The number of hydrogen-bond acceptors (Lipinski definition) is 1. The number of ether oxygens (including phenoxy) is 1. The van der Waals surface area contributed by atoms with E-state index in [9.17, 15) is 13.2 Å². The minimum Gasteiger partial charge on any atom is -0.343 e. The van der Waals surface area contributed by atoms with Crippen molar-refractivity contribution in [3.8, 4) is 0 Å². The molecule has 7 heteroatoms. The summed E-state index contributed by atoms with van der Waals surface area (Å²) in [7, 11) is 0. The number of rotatable bonds is 2. The van der Waals surface area contributed by atoms with Gasteiger partial charge in [-0.1, -0.05) is 0 Å². The number of allylic oxidation sites excluding steroid dienone is 2. The molecule has 0 bridgehead atoms. The first-order chi connectivity index (χ1) is 7.92. The van der Waals surface area contributed by atoms with E-state index < -0.39 is 17.4 Å². The van der Waals surface area contributed by atoms with Gasteiger partial charge in [0, 0.05) is 7.16 Å². The Morgan fingerprint density at radius 3 is 1.72 bits per heavy atom. The van der Waals surface area contributed by atoms with Gasteiger partial charge in [-0.3, -0.25) is 0 Å². The third-order valence-corrected chi connectivity index (χ3v) is 7.18. The molecule has 2 atom stereocenters. The standard InChI is InChI=1S/C11H12F3I3O/c1-5(6(2)15)9(4)10(18-9,11(12,13)14)8(17)7(3)16/h1-4H3/b6-5-,8-7-. The molecular formula is C11H12F3I3O. The van der Waals surface area contributed by atoms with Crippen LogP contribution >= 0.6 is 67.8 Å². The van der Waals surface area contributed by atoms with E-state index in [1.54, 1.807) is 43.4 Å². The van der Waals surface area contributed by atoms with Gasteiger partial charge in [0.25, 0.3) is 0 Å². The van der Waals surface area contributed by atoms with Crippen molar-refractivity contribution < 1.29 is 17.9 Å². The number of halogens is 6. The van der Waals surface area contributed by atoms with Gasteiger partial charge in [-0.15, -0.1) is 0 Å². The summed E-state index contributed by atoms with van der Waals surface area (Å²) in [5, 5.41) is 0. The molecule has 0 aromatic rings. The van der Waals surface area contributed by atoms with Crippen LogP contribution < -0.4 is 0 Å². The zero-order valence-electron chi connectivity index (χ0n) is 10.2. The normalized spacial score (nSPS) is 35.0. The lowest BCUT2D eigenvalue weighted by molar-refractivity contribution is -0.170. The SMILES string of the molecule is C/C(I)=C(\C)C1(C)OC1(/C(I)=C(\C)I)C(F)(F)F. The molecule has 0 N–H and O–H groups in total. The van der Waals surface area contributed by atoms with Crippen LogP contribution in [0.15, 0.2) is 16.3 Å². The smallest absolute Gasteiger partial charge is 0.343 e. The average Bonchev–Trinajstić information content (AvgIpc) is 2.84. The molecule has 1 saturated heterocycles. The quantitative estimate of drug-likeness (QED) is 0.285. The van der Waals surface area contributed by atoms with Crippen molar-refractivity contribution >= 4 is 67.8 Å². The first kappa shape index (κ1) is 17.5. The fourth-order valence-corrected chi connectivity index (χ4v) is 3.72. The molecule has 0 radical (unpaired) electrons. The second-order valence-electron chi connectivity index (χ2n) is 4.32. The van der Waals surface area contributed by atoms with E-state index in [0.29, 0.717) is 9.15 Å². The first-order valence-electron chi connectivity index (χ1n) is 5.04. The molecule has 2 unspecified atom stereocenters. The Balaban J connectivity index is 3.43. The van der Waals surface area contributed by atoms with E-state index in [1.807, 2.05) is 45.2 Å². The third-order valence-electron chi connectivity index (χ3n) is 3.23. The summed E-state index contributed by atoms with van der Waals surface area (Å²) in [6.07, 6.45) is -4.42. The molecule has 0 aromatic heterocycles. The Kier molecular flexibility index (Phi) is 5.16. The Morgan fingerprint density at radius 2 is 1.44 bits per heavy atom. The van der Waals surface area contributed by atoms with Crippen LogP contribution in [0.25, 0.3) is 0 Å². The molecule has 1 heterocycles. The van der Waals surface area contributed by atoms with Gasteiger partial charge in [-0.25, -0.2) is 0 Å². The van der Waals surface area contributed by atoms with E-state index in [0.717, 1.165) is 3.58 Å². The monoisotopic (exact) mass is 598 g/mol. The lowest BCUT2D eigenvalue weighted by atomic mass is 9.87. The molecule has 0 spiro atoms. The van der Waals surface area contributed by atoms with Gasteiger partial charge >= 0.3 is 6.18 Å². The largest absolute Gasteiger partial charge is 0.425 e. The zero-order valence-corrected chi connectivity index (χ0v) is 16.6. The molecule has 0 saturated carbocycles. The molecule has 1 rings (SSSR count). The number of alkyl halides is 3. The molecule has 0 aromatic carbocycles. The van der Waals surface area contributed by atoms with Gasteiger partial charge in [0.2, 0.25) is 5.60 Å². The second kappa shape index (κ2) is 5.32. The molecular weight excluding hydrogens is 586 g/mol. The Morgan fingerprint density at radius 1 is 1.00 bits per heavy atom. The molecule has 18 heavy (non-hydrogen) atoms. The lowest BCUT2D eigenvalue weighted by Gasteiger charge is -2.22. The van der Waals surface area contributed by atoms with Crippen molar-refractivity contribution in [1.29, 1.82) is 0 Å². The maximum atomic E-state index is 13.4. The van der Waals surface area contributed by atoms with Gasteiger partial charge < -0.3 is 4.74 Å². The van der Waals surface area contributed by atoms with E-state index in [2.05, 4.69) is 0 Å². The summed E-state index contributed by atoms with van der Waals surface area (Å²) in [6.45, 7) is 6.66. The Hall–Kier alpha value is 1.42. The van der Waals surface area contributed by atoms with Crippen molar-refractivity contribution in [3.05, 3.63) is 16.3 Å². The highest BCUT2D eigenvalue weighted by Gasteiger charge is 2.83. The first-order valence-corrected chi connectivity index (χ1v) is 8.28. The van der Waals surface area contributed by atoms with Gasteiger partial charge in [-0.05, 0) is 105 Å². The molecule has 1 fully saturated rings. The Labute approximate surface area is 145 Å². The summed E-state index contributed by atoms with van der Waals surface area (Å²) in [5.74, 6) is 0. The summed E-state index contributed by atoms with van der Waals surface area (Å²) >= 11 is 5.68. The summed E-state index contributed by atoms with van der Waals surface area (Å²) < 4.78 is 47.2. The average molecular weight is 598 g/mol. The highest BCUT2D eigenvalue weighted by molar-refractivity contribution is 14.1. The highest BCUT2D eigenvalue weighted by atomic mass is 127. The van der Waals surface area contributed by atoms with Crippen LogP contribution in [0.4, 0.5) is 13.2 Å². The van der Waals surface area contributed by atoms with Gasteiger partial charge in [-0.2, -0.15) is 13.2 Å². The molecule has 1 aliphatic heterocycles. The van der Waals surface area contributed by atoms with Crippen molar-refractivity contribution in [2.24, 2.45) is 0 Å². The topological polar surface area (TPSA) is 12.5 Å². The maximum Gasteiger partial charge on any atom is 0.425 e. The molecule has 104 valence electrons. The summed E-state index contributed by atoms with van der Waals surface area (Å²) in [6, 6.07) is 0. The predicted molar refractivity (Wildman–Crippen MR) is 91.4 cm³/mol. The maximum absolute atomic E-state index is 13.4. The third kappa shape index (κ3) is 2.49. The molecule has 0 amide bonds. The highest BCUT2D eigenvalue weighted by Crippen LogP contribution is 2.67. The second-order valence-corrected chi connectivity index (χ2v) is 8.64. The number of epoxide rings is 1. The van der Waals surface area contributed by atoms with Crippen LogP contribution in [-0.4, -0.2) is 17.4 Å². The minimum atomic E-state index is -4.42. The van der Waals surface area contributed by atoms with Gasteiger partial charge in [0.1, 0.15) is 5.60 Å². The van der Waals surface area contributed by atoms with Crippen molar-refractivity contribution in [3.63, 3.8) is 0 Å². The molecule has 1 aliphatic rings. The predicted octanol–water partition coefficient (Wildman–Crippen LogP) is 5.91.